The molecule has 0 aliphatic heterocycles. The average Bonchev–Trinajstić information content (AvgIpc) is 2.66. The summed E-state index contributed by atoms with van der Waals surface area (Å²) in [6.45, 7) is 4.35. The van der Waals surface area contributed by atoms with E-state index in [1.165, 1.54) is 4.88 Å². The van der Waals surface area contributed by atoms with Crippen LogP contribution in [-0.4, -0.2) is 8.42 Å². The number of hydrogen-bond donors (Lipinski definition) is 1. The van der Waals surface area contributed by atoms with E-state index in [-0.39, 0.29) is 4.90 Å². The number of sulfonamides is 1. The van der Waals surface area contributed by atoms with Crippen molar-refractivity contribution in [2.45, 2.75) is 25.3 Å². The van der Waals surface area contributed by atoms with E-state index in [1.807, 2.05) is 19.9 Å². The van der Waals surface area contributed by atoms with Crippen LogP contribution in [0, 0.1) is 13.8 Å². The molecule has 2 rings (SSSR count). The molecule has 0 radical (unpaired) electrons. The Hall–Kier alpha value is -0.690. The molecule has 0 saturated heterocycles. The fourth-order valence-electron chi connectivity index (χ4n) is 1.73. The monoisotopic (exact) mass is 359 g/mol. The van der Waals surface area contributed by atoms with Crippen LogP contribution in [0.2, 0.25) is 0 Å². The van der Waals surface area contributed by atoms with Crippen LogP contribution in [0.25, 0.3) is 0 Å². The van der Waals surface area contributed by atoms with E-state index in [0.717, 1.165) is 14.9 Å². The van der Waals surface area contributed by atoms with Crippen molar-refractivity contribution in [1.82, 2.24) is 4.72 Å². The van der Waals surface area contributed by atoms with Gasteiger partial charge in [0.05, 0.1) is 4.90 Å². The lowest BCUT2D eigenvalue weighted by Gasteiger charge is -2.06. The molecule has 6 heteroatoms. The lowest BCUT2D eigenvalue weighted by atomic mass is 10.2. The van der Waals surface area contributed by atoms with Crippen molar-refractivity contribution in [2.24, 2.45) is 0 Å². The zero-order valence-electron chi connectivity index (χ0n) is 10.6. The predicted octanol–water partition coefficient (Wildman–Crippen LogP) is 3.61. The van der Waals surface area contributed by atoms with Gasteiger partial charge in [0.15, 0.2) is 0 Å². The van der Waals surface area contributed by atoms with Crippen molar-refractivity contribution in [3.63, 3.8) is 0 Å². The summed E-state index contributed by atoms with van der Waals surface area (Å²) in [6, 6.07) is 8.61. The quantitative estimate of drug-likeness (QED) is 0.906. The molecule has 0 spiro atoms. The highest BCUT2D eigenvalue weighted by Gasteiger charge is 2.14. The summed E-state index contributed by atoms with van der Waals surface area (Å²) in [6.07, 6.45) is 0. The number of thiophene rings is 1. The summed E-state index contributed by atoms with van der Waals surface area (Å²) in [5, 5.41) is 0. The maximum absolute atomic E-state index is 12.1. The molecule has 0 atom stereocenters. The van der Waals surface area contributed by atoms with Crippen LogP contribution in [-0.2, 0) is 16.6 Å². The molecule has 1 N–H and O–H groups in total. The van der Waals surface area contributed by atoms with Crippen molar-refractivity contribution >= 4 is 37.3 Å². The number of nitrogens with one attached hydrogen (secondary N) is 1. The lowest BCUT2D eigenvalue weighted by Crippen LogP contribution is -2.23. The molecule has 1 heterocycles. The number of hydrogen-bond acceptors (Lipinski definition) is 3. The fourth-order valence-corrected chi connectivity index (χ4v) is 3.95. The molecule has 0 unspecified atom stereocenters. The number of halogens is 1. The van der Waals surface area contributed by atoms with Crippen molar-refractivity contribution < 1.29 is 8.42 Å². The van der Waals surface area contributed by atoms with Gasteiger partial charge >= 0.3 is 0 Å². The topological polar surface area (TPSA) is 46.2 Å². The molecule has 0 fully saturated rings. The van der Waals surface area contributed by atoms with Gasteiger partial charge in [-0.3, -0.25) is 0 Å². The summed E-state index contributed by atoms with van der Waals surface area (Å²) >= 11 is 4.96. The Balaban J connectivity index is 2.14. The van der Waals surface area contributed by atoms with Gasteiger partial charge in [0.1, 0.15) is 0 Å². The zero-order valence-corrected chi connectivity index (χ0v) is 13.8. The Morgan fingerprint density at radius 2 is 1.84 bits per heavy atom. The second-order valence-electron chi connectivity index (χ2n) is 4.22. The Kier molecular flexibility index (Phi) is 4.45. The third-order valence-corrected chi connectivity index (χ3v) is 5.67. The molecule has 0 saturated carbocycles. The van der Waals surface area contributed by atoms with Crippen LogP contribution < -0.4 is 4.72 Å². The molecule has 0 aliphatic carbocycles. The standard InChI is InChI=1S/C13H14BrNO2S2/c1-9-7-11(10(2)18-9)8-15-19(16,17)13-5-3-12(14)4-6-13/h3-7,15H,8H2,1-2H3. The fraction of sp³-hybridized carbons (Fsp3) is 0.231. The van der Waals surface area contributed by atoms with Crippen LogP contribution >= 0.6 is 27.3 Å². The van der Waals surface area contributed by atoms with Gasteiger partial charge in [-0.05, 0) is 49.7 Å². The van der Waals surface area contributed by atoms with Crippen LogP contribution in [0.1, 0.15) is 15.3 Å². The van der Waals surface area contributed by atoms with E-state index in [1.54, 1.807) is 35.6 Å². The second-order valence-corrected chi connectivity index (χ2v) is 8.36. The minimum atomic E-state index is -3.45. The summed E-state index contributed by atoms with van der Waals surface area (Å²) in [5.41, 5.74) is 1.03. The molecule has 1 aromatic carbocycles. The molecule has 19 heavy (non-hydrogen) atoms. The van der Waals surface area contributed by atoms with E-state index >= 15 is 0 Å². The van der Waals surface area contributed by atoms with Gasteiger partial charge in [-0.2, -0.15) is 0 Å². The predicted molar refractivity (Wildman–Crippen MR) is 82.0 cm³/mol. The average molecular weight is 360 g/mol. The van der Waals surface area contributed by atoms with E-state index in [0.29, 0.717) is 6.54 Å². The molecular weight excluding hydrogens is 346 g/mol. The maximum atomic E-state index is 12.1. The number of benzene rings is 1. The van der Waals surface area contributed by atoms with Crippen molar-refractivity contribution in [3.8, 4) is 0 Å². The Morgan fingerprint density at radius 3 is 2.37 bits per heavy atom. The van der Waals surface area contributed by atoms with Crippen LogP contribution in [0.15, 0.2) is 39.7 Å². The molecule has 2 aromatic rings. The second kappa shape index (κ2) is 5.75. The van der Waals surface area contributed by atoms with E-state index < -0.39 is 10.0 Å². The maximum Gasteiger partial charge on any atom is 0.240 e. The van der Waals surface area contributed by atoms with E-state index in [4.69, 9.17) is 0 Å². The highest BCUT2D eigenvalue weighted by Crippen LogP contribution is 2.21. The largest absolute Gasteiger partial charge is 0.240 e. The molecular formula is C13H14BrNO2S2. The summed E-state index contributed by atoms with van der Waals surface area (Å²) < 4.78 is 27.7. The first-order valence-corrected chi connectivity index (χ1v) is 8.79. The Labute approximate surface area is 125 Å². The SMILES string of the molecule is Cc1cc(CNS(=O)(=O)c2ccc(Br)cc2)c(C)s1. The van der Waals surface area contributed by atoms with Crippen molar-refractivity contribution in [1.29, 1.82) is 0 Å². The van der Waals surface area contributed by atoms with Gasteiger partial charge in [-0.15, -0.1) is 11.3 Å². The molecule has 102 valence electrons. The van der Waals surface area contributed by atoms with Crippen molar-refractivity contribution in [2.75, 3.05) is 0 Å². The minimum absolute atomic E-state index is 0.278. The molecule has 0 amide bonds. The first-order chi connectivity index (χ1) is 8.88. The minimum Gasteiger partial charge on any atom is -0.207 e. The van der Waals surface area contributed by atoms with Crippen LogP contribution in [0.4, 0.5) is 0 Å². The van der Waals surface area contributed by atoms with Gasteiger partial charge in [-0.1, -0.05) is 15.9 Å². The number of aryl methyl sites for hydroxylation is 2. The van der Waals surface area contributed by atoms with Gasteiger partial charge in [0.25, 0.3) is 0 Å². The smallest absolute Gasteiger partial charge is 0.207 e. The molecule has 0 bridgehead atoms. The molecule has 3 nitrogen and oxygen atoms in total. The first-order valence-electron chi connectivity index (χ1n) is 5.69. The summed E-state index contributed by atoms with van der Waals surface area (Å²) in [4.78, 5) is 2.62. The molecule has 0 aliphatic rings. The van der Waals surface area contributed by atoms with E-state index in [2.05, 4.69) is 20.7 Å². The van der Waals surface area contributed by atoms with Crippen LogP contribution in [0.3, 0.4) is 0 Å². The summed E-state index contributed by atoms with van der Waals surface area (Å²) in [5.74, 6) is 0. The Bertz CT molecular complexity index is 675. The Morgan fingerprint density at radius 1 is 1.21 bits per heavy atom. The number of rotatable bonds is 4. The first kappa shape index (κ1) is 14.7. The van der Waals surface area contributed by atoms with Gasteiger partial charge < -0.3 is 0 Å². The third kappa shape index (κ3) is 3.66. The normalized spacial score (nSPS) is 11.7. The zero-order chi connectivity index (χ0) is 14.0. The van der Waals surface area contributed by atoms with Crippen LogP contribution in [0.5, 0.6) is 0 Å². The third-order valence-electron chi connectivity index (χ3n) is 2.72. The van der Waals surface area contributed by atoms with Gasteiger partial charge in [-0.25, -0.2) is 13.1 Å². The van der Waals surface area contributed by atoms with Gasteiger partial charge in [0, 0.05) is 20.8 Å². The van der Waals surface area contributed by atoms with Crippen molar-refractivity contribution in [3.05, 3.63) is 50.1 Å². The van der Waals surface area contributed by atoms with E-state index in [9.17, 15) is 8.42 Å². The summed E-state index contributed by atoms with van der Waals surface area (Å²) in [7, 11) is -3.45. The molecule has 1 aromatic heterocycles. The highest BCUT2D eigenvalue weighted by atomic mass is 79.9. The highest BCUT2D eigenvalue weighted by molar-refractivity contribution is 9.10. The lowest BCUT2D eigenvalue weighted by molar-refractivity contribution is 0.581. The van der Waals surface area contributed by atoms with Gasteiger partial charge in [0.2, 0.25) is 10.0 Å².